The van der Waals surface area contributed by atoms with Gasteiger partial charge in [-0.25, -0.2) is 4.39 Å². The number of nitrogen functional groups attached to an aromatic ring is 1. The highest BCUT2D eigenvalue weighted by Crippen LogP contribution is 2.28. The molecule has 1 unspecified atom stereocenters. The molecular formula is C13H18BrFN2O. The lowest BCUT2D eigenvalue weighted by Crippen LogP contribution is -2.32. The minimum Gasteiger partial charge on any atom is -0.395 e. The van der Waals surface area contributed by atoms with Crippen molar-refractivity contribution in [2.24, 2.45) is 0 Å². The lowest BCUT2D eigenvalue weighted by molar-refractivity contribution is 0.232. The number of benzene rings is 1. The molecule has 1 atom stereocenters. The van der Waals surface area contributed by atoms with Crippen LogP contribution in [0.5, 0.6) is 0 Å². The van der Waals surface area contributed by atoms with Gasteiger partial charge in [0, 0.05) is 10.5 Å². The predicted octanol–water partition coefficient (Wildman–Crippen LogP) is 2.74. The molecule has 5 heteroatoms. The molecule has 100 valence electrons. The average molecular weight is 317 g/mol. The van der Waals surface area contributed by atoms with E-state index in [-0.39, 0.29) is 18.3 Å². The van der Waals surface area contributed by atoms with Crippen LogP contribution >= 0.6 is 15.9 Å². The highest BCUT2D eigenvalue weighted by molar-refractivity contribution is 9.10. The zero-order valence-corrected chi connectivity index (χ0v) is 11.7. The molecule has 1 aromatic carbocycles. The third-order valence-electron chi connectivity index (χ3n) is 3.48. The maximum atomic E-state index is 13.6. The summed E-state index contributed by atoms with van der Waals surface area (Å²) < 4.78 is 14.1. The van der Waals surface area contributed by atoms with Gasteiger partial charge < -0.3 is 16.2 Å². The van der Waals surface area contributed by atoms with E-state index in [4.69, 9.17) is 5.73 Å². The second-order valence-electron chi connectivity index (χ2n) is 4.78. The van der Waals surface area contributed by atoms with E-state index < -0.39 is 5.82 Å². The van der Waals surface area contributed by atoms with Gasteiger partial charge in [-0.3, -0.25) is 0 Å². The van der Waals surface area contributed by atoms with Gasteiger partial charge in [0.1, 0.15) is 5.82 Å². The van der Waals surface area contributed by atoms with Crippen LogP contribution in [-0.2, 0) is 0 Å². The summed E-state index contributed by atoms with van der Waals surface area (Å²) in [6.07, 6.45) is 4.68. The summed E-state index contributed by atoms with van der Waals surface area (Å²) in [5.74, 6) is -0.453. The maximum Gasteiger partial charge on any atom is 0.147 e. The largest absolute Gasteiger partial charge is 0.395 e. The van der Waals surface area contributed by atoms with Crippen LogP contribution in [0.2, 0.25) is 0 Å². The van der Waals surface area contributed by atoms with Crippen LogP contribution in [0, 0.1) is 5.82 Å². The molecule has 0 amide bonds. The zero-order valence-electron chi connectivity index (χ0n) is 10.1. The molecule has 0 heterocycles. The Bertz CT molecular complexity index is 398. The number of hydrogen-bond acceptors (Lipinski definition) is 3. The van der Waals surface area contributed by atoms with Crippen molar-refractivity contribution in [1.82, 2.24) is 5.32 Å². The Morgan fingerprint density at radius 2 is 2.11 bits per heavy atom. The number of rotatable bonds is 4. The Morgan fingerprint density at radius 3 is 2.67 bits per heavy atom. The predicted molar refractivity (Wildman–Crippen MR) is 73.7 cm³/mol. The van der Waals surface area contributed by atoms with Crippen molar-refractivity contribution < 1.29 is 9.50 Å². The van der Waals surface area contributed by atoms with Crippen molar-refractivity contribution in [2.45, 2.75) is 37.8 Å². The van der Waals surface area contributed by atoms with E-state index in [0.717, 1.165) is 18.4 Å². The normalized spacial score (nSPS) is 18.2. The van der Waals surface area contributed by atoms with Crippen molar-refractivity contribution in [3.8, 4) is 0 Å². The highest BCUT2D eigenvalue weighted by Gasteiger charge is 2.21. The number of aliphatic hydroxyl groups is 1. The van der Waals surface area contributed by atoms with Gasteiger partial charge in [0.2, 0.25) is 0 Å². The fraction of sp³-hybridized carbons (Fsp3) is 0.538. The molecule has 0 radical (unpaired) electrons. The first-order chi connectivity index (χ1) is 8.61. The molecular weight excluding hydrogens is 299 g/mol. The molecule has 1 fully saturated rings. The number of hydrogen-bond donors (Lipinski definition) is 3. The first-order valence-electron chi connectivity index (χ1n) is 6.23. The average Bonchev–Trinajstić information content (AvgIpc) is 2.85. The van der Waals surface area contributed by atoms with Crippen molar-refractivity contribution in [2.75, 3.05) is 12.3 Å². The van der Waals surface area contributed by atoms with Crippen LogP contribution in [0.1, 0.15) is 37.3 Å². The second-order valence-corrected chi connectivity index (χ2v) is 5.64. The number of anilines is 1. The summed E-state index contributed by atoms with van der Waals surface area (Å²) in [4.78, 5) is 0. The minimum atomic E-state index is -0.453. The lowest BCUT2D eigenvalue weighted by atomic mass is 10.1. The van der Waals surface area contributed by atoms with Gasteiger partial charge in [0.25, 0.3) is 0 Å². The Balaban J connectivity index is 2.16. The van der Waals surface area contributed by atoms with E-state index in [1.165, 1.54) is 18.9 Å². The molecule has 4 N–H and O–H groups in total. The summed E-state index contributed by atoms with van der Waals surface area (Å²) in [7, 11) is 0. The Hall–Kier alpha value is -0.650. The Morgan fingerprint density at radius 1 is 1.44 bits per heavy atom. The zero-order chi connectivity index (χ0) is 13.1. The van der Waals surface area contributed by atoms with Crippen molar-refractivity contribution in [1.29, 1.82) is 0 Å². The monoisotopic (exact) mass is 316 g/mol. The SMILES string of the molecule is Nc1c(F)cc(C(CO)NC2CCCC2)cc1Br. The van der Waals surface area contributed by atoms with Gasteiger partial charge >= 0.3 is 0 Å². The standard InChI is InChI=1S/C13H18BrFN2O/c14-10-5-8(6-11(15)13(10)16)12(7-18)17-9-3-1-2-4-9/h5-6,9,12,17-18H,1-4,7,16H2. The van der Waals surface area contributed by atoms with E-state index in [2.05, 4.69) is 21.2 Å². The molecule has 0 bridgehead atoms. The van der Waals surface area contributed by atoms with E-state index in [9.17, 15) is 9.50 Å². The van der Waals surface area contributed by atoms with Crippen LogP contribution in [0.15, 0.2) is 16.6 Å². The molecule has 0 saturated heterocycles. The molecule has 1 aliphatic rings. The van der Waals surface area contributed by atoms with Gasteiger partial charge in [-0.15, -0.1) is 0 Å². The molecule has 1 aliphatic carbocycles. The van der Waals surface area contributed by atoms with Crippen molar-refractivity contribution >= 4 is 21.6 Å². The minimum absolute atomic E-state index is 0.0493. The fourth-order valence-electron chi connectivity index (χ4n) is 2.44. The number of nitrogens with two attached hydrogens (primary N) is 1. The first-order valence-corrected chi connectivity index (χ1v) is 7.02. The summed E-state index contributed by atoms with van der Waals surface area (Å²) in [5, 5.41) is 12.8. The van der Waals surface area contributed by atoms with Gasteiger partial charge in [-0.1, -0.05) is 12.8 Å². The van der Waals surface area contributed by atoms with E-state index in [1.54, 1.807) is 6.07 Å². The third kappa shape index (κ3) is 3.02. The lowest BCUT2D eigenvalue weighted by Gasteiger charge is -2.22. The first kappa shape index (κ1) is 13.8. The molecule has 0 aliphatic heterocycles. The third-order valence-corrected chi connectivity index (χ3v) is 4.13. The molecule has 3 nitrogen and oxygen atoms in total. The number of halogens is 2. The maximum absolute atomic E-state index is 13.6. The smallest absolute Gasteiger partial charge is 0.147 e. The van der Waals surface area contributed by atoms with Crippen molar-refractivity contribution in [3.05, 3.63) is 28.0 Å². The fourth-order valence-corrected chi connectivity index (χ4v) is 2.89. The molecule has 18 heavy (non-hydrogen) atoms. The summed E-state index contributed by atoms with van der Waals surface area (Å²) in [5.41, 5.74) is 6.38. The van der Waals surface area contributed by atoms with E-state index >= 15 is 0 Å². The van der Waals surface area contributed by atoms with Gasteiger partial charge in [-0.05, 0) is 46.5 Å². The van der Waals surface area contributed by atoms with Gasteiger partial charge in [-0.2, -0.15) is 0 Å². The van der Waals surface area contributed by atoms with Crippen molar-refractivity contribution in [3.63, 3.8) is 0 Å². The second kappa shape index (κ2) is 5.99. The highest BCUT2D eigenvalue weighted by atomic mass is 79.9. The molecule has 2 rings (SSSR count). The summed E-state index contributed by atoms with van der Waals surface area (Å²) >= 11 is 3.23. The quantitative estimate of drug-likeness (QED) is 0.749. The molecule has 0 aromatic heterocycles. The van der Waals surface area contributed by atoms with Gasteiger partial charge in [0.15, 0.2) is 0 Å². The van der Waals surface area contributed by atoms with Crippen LogP contribution in [0.4, 0.5) is 10.1 Å². The Labute approximate surface area is 115 Å². The van der Waals surface area contributed by atoms with Crippen LogP contribution in [0.3, 0.4) is 0 Å². The van der Waals surface area contributed by atoms with Crippen LogP contribution in [-0.4, -0.2) is 17.8 Å². The van der Waals surface area contributed by atoms with Gasteiger partial charge in [0.05, 0.1) is 18.3 Å². The summed E-state index contributed by atoms with van der Waals surface area (Å²) in [6, 6.07) is 3.34. The van der Waals surface area contributed by atoms with E-state index in [0.29, 0.717) is 10.5 Å². The summed E-state index contributed by atoms with van der Waals surface area (Å²) in [6.45, 7) is -0.0493. The van der Waals surface area contributed by atoms with E-state index in [1.807, 2.05) is 0 Å². The molecule has 1 saturated carbocycles. The molecule has 1 aromatic rings. The number of nitrogens with one attached hydrogen (secondary N) is 1. The molecule has 0 spiro atoms. The Kier molecular flexibility index (Phi) is 4.59. The van der Waals surface area contributed by atoms with Crippen LogP contribution in [0.25, 0.3) is 0 Å². The topological polar surface area (TPSA) is 58.3 Å². The number of aliphatic hydroxyl groups excluding tert-OH is 1. The van der Waals surface area contributed by atoms with Crippen LogP contribution < -0.4 is 11.1 Å².